The van der Waals surface area contributed by atoms with Crippen LogP contribution < -0.4 is 5.32 Å². The van der Waals surface area contributed by atoms with Crippen molar-refractivity contribution >= 4 is 38.6 Å². The van der Waals surface area contributed by atoms with Gasteiger partial charge in [0.1, 0.15) is 5.82 Å². The number of sulfone groups is 1. The number of nitrogens with zero attached hydrogens (tertiary/aromatic N) is 3. The van der Waals surface area contributed by atoms with E-state index in [1.807, 2.05) is 30.3 Å². The number of nitrogens with one attached hydrogen (secondary N) is 1. The van der Waals surface area contributed by atoms with Crippen molar-refractivity contribution < 1.29 is 8.42 Å². The number of halogens is 1. The first-order chi connectivity index (χ1) is 13.9. The fraction of sp³-hybridized carbons (Fsp3) is 0.143. The van der Waals surface area contributed by atoms with E-state index in [1.165, 1.54) is 6.26 Å². The van der Waals surface area contributed by atoms with Gasteiger partial charge in [0, 0.05) is 34.2 Å². The summed E-state index contributed by atoms with van der Waals surface area (Å²) in [6.07, 6.45) is 3.79. The van der Waals surface area contributed by atoms with Gasteiger partial charge in [0.05, 0.1) is 16.8 Å². The van der Waals surface area contributed by atoms with Crippen LogP contribution in [0.4, 0.5) is 11.5 Å². The van der Waals surface area contributed by atoms with Gasteiger partial charge in [0.25, 0.3) is 0 Å². The molecule has 0 unspecified atom stereocenters. The summed E-state index contributed by atoms with van der Waals surface area (Å²) in [7, 11) is -3.24. The van der Waals surface area contributed by atoms with E-state index in [0.717, 1.165) is 34.6 Å². The van der Waals surface area contributed by atoms with Gasteiger partial charge >= 0.3 is 0 Å². The number of fused-ring (bicyclic) bond motifs is 1. The second-order valence-corrected chi connectivity index (χ2v) is 9.11. The maximum absolute atomic E-state index is 11.7. The SMILES string of the molecule is CCc1cnn2c(Nc3ccc(S(C)(=O)=O)cc3)cc(-c3ccccc3Cl)nc12. The summed E-state index contributed by atoms with van der Waals surface area (Å²) in [5.41, 5.74) is 4.07. The van der Waals surface area contributed by atoms with Crippen molar-refractivity contribution in [3.05, 3.63) is 71.4 Å². The molecule has 2 aromatic carbocycles. The number of benzene rings is 2. The molecule has 0 spiro atoms. The predicted octanol–water partition coefficient (Wildman–Crippen LogP) is 4.76. The van der Waals surface area contributed by atoms with Crippen LogP contribution in [-0.2, 0) is 16.3 Å². The molecule has 0 fully saturated rings. The van der Waals surface area contributed by atoms with Gasteiger partial charge in [-0.25, -0.2) is 13.4 Å². The maximum atomic E-state index is 11.7. The quantitative estimate of drug-likeness (QED) is 0.498. The largest absolute Gasteiger partial charge is 0.340 e. The molecule has 2 aromatic heterocycles. The summed E-state index contributed by atoms with van der Waals surface area (Å²) in [5.74, 6) is 0.705. The second kappa shape index (κ2) is 7.50. The lowest BCUT2D eigenvalue weighted by atomic mass is 10.1. The van der Waals surface area contributed by atoms with Crippen LogP contribution >= 0.6 is 11.6 Å². The molecule has 0 saturated heterocycles. The third-order valence-corrected chi connectivity index (χ3v) is 6.09. The average Bonchev–Trinajstić information content (AvgIpc) is 3.11. The van der Waals surface area contributed by atoms with E-state index < -0.39 is 9.84 Å². The van der Waals surface area contributed by atoms with Gasteiger partial charge < -0.3 is 5.32 Å². The van der Waals surface area contributed by atoms with Crippen LogP contribution in [0.1, 0.15) is 12.5 Å². The molecule has 6 nitrogen and oxygen atoms in total. The molecule has 0 saturated carbocycles. The smallest absolute Gasteiger partial charge is 0.175 e. The first-order valence-corrected chi connectivity index (χ1v) is 11.3. The Morgan fingerprint density at radius 2 is 1.83 bits per heavy atom. The lowest BCUT2D eigenvalue weighted by Gasteiger charge is -2.12. The number of aryl methyl sites for hydroxylation is 1. The molecule has 0 aliphatic rings. The molecule has 0 aliphatic carbocycles. The van der Waals surface area contributed by atoms with E-state index in [9.17, 15) is 8.42 Å². The van der Waals surface area contributed by atoms with Crippen LogP contribution in [0.5, 0.6) is 0 Å². The zero-order chi connectivity index (χ0) is 20.6. The number of aromatic nitrogens is 3. The van der Waals surface area contributed by atoms with E-state index in [0.29, 0.717) is 10.8 Å². The summed E-state index contributed by atoms with van der Waals surface area (Å²) < 4.78 is 25.1. The molecular weight excluding hydrogens is 408 g/mol. The zero-order valence-corrected chi connectivity index (χ0v) is 17.5. The number of hydrogen-bond acceptors (Lipinski definition) is 5. The number of rotatable bonds is 5. The Morgan fingerprint density at radius 1 is 1.10 bits per heavy atom. The summed E-state index contributed by atoms with van der Waals surface area (Å²) in [6.45, 7) is 2.05. The van der Waals surface area contributed by atoms with Crippen molar-refractivity contribution in [2.45, 2.75) is 18.2 Å². The Labute approximate surface area is 174 Å². The van der Waals surface area contributed by atoms with Gasteiger partial charge in [-0.05, 0) is 36.8 Å². The van der Waals surface area contributed by atoms with E-state index in [4.69, 9.17) is 16.6 Å². The van der Waals surface area contributed by atoms with E-state index in [1.54, 1.807) is 35.0 Å². The van der Waals surface area contributed by atoms with Gasteiger partial charge in [0.2, 0.25) is 0 Å². The Balaban J connectivity index is 1.83. The molecule has 0 aliphatic heterocycles. The van der Waals surface area contributed by atoms with Crippen LogP contribution in [0.15, 0.2) is 65.7 Å². The lowest BCUT2D eigenvalue weighted by Crippen LogP contribution is -2.03. The molecular formula is C21H19ClN4O2S. The minimum atomic E-state index is -3.24. The second-order valence-electron chi connectivity index (χ2n) is 6.69. The number of hydrogen-bond donors (Lipinski definition) is 1. The minimum absolute atomic E-state index is 0.270. The highest BCUT2D eigenvalue weighted by molar-refractivity contribution is 7.90. The van der Waals surface area contributed by atoms with Crippen LogP contribution in [0.25, 0.3) is 16.9 Å². The van der Waals surface area contributed by atoms with Crippen LogP contribution in [0, 0.1) is 0 Å². The zero-order valence-electron chi connectivity index (χ0n) is 15.9. The lowest BCUT2D eigenvalue weighted by molar-refractivity contribution is 0.602. The summed E-state index contributed by atoms with van der Waals surface area (Å²) in [4.78, 5) is 5.05. The molecule has 0 amide bonds. The van der Waals surface area contributed by atoms with E-state index in [-0.39, 0.29) is 4.90 Å². The molecule has 8 heteroatoms. The maximum Gasteiger partial charge on any atom is 0.175 e. The van der Waals surface area contributed by atoms with Crippen molar-refractivity contribution in [3.63, 3.8) is 0 Å². The Hall–Kier alpha value is -2.90. The monoisotopic (exact) mass is 426 g/mol. The topological polar surface area (TPSA) is 76.4 Å². The van der Waals surface area contributed by atoms with Crippen molar-refractivity contribution in [1.29, 1.82) is 0 Å². The summed E-state index contributed by atoms with van der Waals surface area (Å²) in [5, 5.41) is 8.39. The third-order valence-electron chi connectivity index (χ3n) is 4.63. The predicted molar refractivity (Wildman–Crippen MR) is 116 cm³/mol. The molecule has 1 N–H and O–H groups in total. The van der Waals surface area contributed by atoms with Gasteiger partial charge in [0.15, 0.2) is 15.5 Å². The highest BCUT2D eigenvalue weighted by atomic mass is 35.5. The minimum Gasteiger partial charge on any atom is -0.340 e. The Bertz CT molecular complexity index is 1300. The number of anilines is 2. The van der Waals surface area contributed by atoms with Gasteiger partial charge in [-0.15, -0.1) is 0 Å². The molecule has 4 rings (SSSR count). The van der Waals surface area contributed by atoms with Gasteiger partial charge in [-0.1, -0.05) is 36.7 Å². The molecule has 2 heterocycles. The molecule has 4 aromatic rings. The van der Waals surface area contributed by atoms with Gasteiger partial charge in [-0.2, -0.15) is 9.61 Å². The van der Waals surface area contributed by atoms with E-state index in [2.05, 4.69) is 17.3 Å². The summed E-state index contributed by atoms with van der Waals surface area (Å²) in [6, 6.07) is 16.0. The normalized spacial score (nSPS) is 11.7. The fourth-order valence-electron chi connectivity index (χ4n) is 3.09. The standard InChI is InChI=1S/C21H19ClN4O2S/c1-3-14-13-23-26-20(24-15-8-10-16(11-9-15)29(2,27)28)12-19(25-21(14)26)17-6-4-5-7-18(17)22/h4-13,24H,3H2,1-2H3. The van der Waals surface area contributed by atoms with Crippen molar-refractivity contribution in [1.82, 2.24) is 14.6 Å². The van der Waals surface area contributed by atoms with E-state index >= 15 is 0 Å². The van der Waals surface area contributed by atoms with Crippen LogP contribution in [0.2, 0.25) is 5.02 Å². The third kappa shape index (κ3) is 3.83. The first kappa shape index (κ1) is 19.4. The molecule has 148 valence electrons. The Kier molecular flexibility index (Phi) is 5.02. The van der Waals surface area contributed by atoms with Crippen molar-refractivity contribution in [3.8, 4) is 11.3 Å². The molecule has 0 atom stereocenters. The van der Waals surface area contributed by atoms with Crippen molar-refractivity contribution in [2.24, 2.45) is 0 Å². The highest BCUT2D eigenvalue weighted by Crippen LogP contribution is 2.30. The highest BCUT2D eigenvalue weighted by Gasteiger charge is 2.14. The fourth-order valence-corrected chi connectivity index (χ4v) is 3.95. The average molecular weight is 427 g/mol. The van der Waals surface area contributed by atoms with Crippen LogP contribution in [0.3, 0.4) is 0 Å². The first-order valence-electron chi connectivity index (χ1n) is 9.06. The van der Waals surface area contributed by atoms with Crippen molar-refractivity contribution in [2.75, 3.05) is 11.6 Å². The molecule has 0 radical (unpaired) electrons. The molecule has 29 heavy (non-hydrogen) atoms. The Morgan fingerprint density at radius 3 is 2.48 bits per heavy atom. The summed E-state index contributed by atoms with van der Waals surface area (Å²) >= 11 is 6.39. The van der Waals surface area contributed by atoms with Gasteiger partial charge in [-0.3, -0.25) is 0 Å². The molecule has 0 bridgehead atoms. The van der Waals surface area contributed by atoms with Crippen LogP contribution in [-0.4, -0.2) is 29.3 Å².